The molecule has 102 valence electrons. The van der Waals surface area contributed by atoms with Gasteiger partial charge in [-0.2, -0.15) is 4.98 Å². The van der Waals surface area contributed by atoms with Crippen LogP contribution in [0, 0.1) is 10.8 Å². The molecule has 1 aromatic heterocycles. The quantitative estimate of drug-likeness (QED) is 0.844. The van der Waals surface area contributed by atoms with Crippen LogP contribution in [0.2, 0.25) is 0 Å². The Hall–Kier alpha value is -0.900. The zero-order valence-electron chi connectivity index (χ0n) is 12.0. The van der Waals surface area contributed by atoms with E-state index in [0.29, 0.717) is 11.3 Å². The number of aryl methyl sites for hydroxylation is 1. The van der Waals surface area contributed by atoms with Gasteiger partial charge in [-0.15, -0.1) is 0 Å². The molecule has 0 amide bonds. The van der Waals surface area contributed by atoms with Gasteiger partial charge in [0.1, 0.15) is 0 Å². The summed E-state index contributed by atoms with van der Waals surface area (Å²) in [5.74, 6) is 2.16. The molecule has 2 rings (SSSR count). The number of nitrogens with two attached hydrogens (primary N) is 1. The van der Waals surface area contributed by atoms with Crippen molar-refractivity contribution in [2.24, 2.45) is 16.6 Å². The van der Waals surface area contributed by atoms with Gasteiger partial charge in [0.25, 0.3) is 0 Å². The number of hydrogen-bond acceptors (Lipinski definition) is 4. The average molecular weight is 251 g/mol. The lowest BCUT2D eigenvalue weighted by Crippen LogP contribution is -2.17. The van der Waals surface area contributed by atoms with E-state index in [1.54, 1.807) is 0 Å². The highest BCUT2D eigenvalue weighted by Gasteiger charge is 2.49. The Labute approximate surface area is 109 Å². The number of rotatable bonds is 6. The summed E-state index contributed by atoms with van der Waals surface area (Å²) in [6, 6.07) is 0. The Morgan fingerprint density at radius 3 is 2.61 bits per heavy atom. The van der Waals surface area contributed by atoms with Crippen LogP contribution in [0.5, 0.6) is 0 Å². The molecule has 1 aliphatic rings. The molecule has 1 heterocycles. The molecular formula is C14H25N3O. The fourth-order valence-corrected chi connectivity index (χ4v) is 2.38. The standard InChI is InChI=1S/C14H25N3O/c1-13(2,7-8-15)6-5-11-16-12(17-18-11)10-9-14(10,3)4/h10H,5-9,15H2,1-4H3. The molecule has 4 nitrogen and oxygen atoms in total. The first-order valence-electron chi connectivity index (χ1n) is 6.87. The zero-order valence-corrected chi connectivity index (χ0v) is 12.0. The SMILES string of the molecule is CC(C)(CCN)CCc1nc(C2CC2(C)C)no1. The van der Waals surface area contributed by atoms with Crippen LogP contribution in [0.15, 0.2) is 4.52 Å². The van der Waals surface area contributed by atoms with E-state index in [1.807, 2.05) is 0 Å². The van der Waals surface area contributed by atoms with Crippen molar-refractivity contribution < 1.29 is 4.52 Å². The van der Waals surface area contributed by atoms with Crippen LogP contribution in [0.4, 0.5) is 0 Å². The van der Waals surface area contributed by atoms with Crippen molar-refractivity contribution in [3.05, 3.63) is 11.7 Å². The highest BCUT2D eigenvalue weighted by atomic mass is 16.5. The van der Waals surface area contributed by atoms with Gasteiger partial charge in [0.05, 0.1) is 0 Å². The fourth-order valence-electron chi connectivity index (χ4n) is 2.38. The van der Waals surface area contributed by atoms with Gasteiger partial charge in [0.2, 0.25) is 5.89 Å². The number of aromatic nitrogens is 2. The minimum atomic E-state index is 0.252. The van der Waals surface area contributed by atoms with Gasteiger partial charge in [-0.1, -0.05) is 32.9 Å². The maximum atomic E-state index is 5.61. The van der Waals surface area contributed by atoms with Gasteiger partial charge in [0, 0.05) is 12.3 Å². The van der Waals surface area contributed by atoms with Crippen LogP contribution in [-0.4, -0.2) is 16.7 Å². The molecule has 0 aliphatic heterocycles. The Balaban J connectivity index is 1.88. The van der Waals surface area contributed by atoms with Gasteiger partial charge in [-0.05, 0) is 36.6 Å². The van der Waals surface area contributed by atoms with Crippen molar-refractivity contribution in [3.63, 3.8) is 0 Å². The van der Waals surface area contributed by atoms with Crippen molar-refractivity contribution in [1.29, 1.82) is 0 Å². The number of hydrogen-bond donors (Lipinski definition) is 1. The van der Waals surface area contributed by atoms with E-state index in [2.05, 4.69) is 37.8 Å². The van der Waals surface area contributed by atoms with Crippen molar-refractivity contribution in [3.8, 4) is 0 Å². The lowest BCUT2D eigenvalue weighted by molar-refractivity contribution is 0.288. The summed E-state index contributed by atoms with van der Waals surface area (Å²) in [6.07, 6.45) is 4.10. The molecule has 1 fully saturated rings. The topological polar surface area (TPSA) is 64.9 Å². The normalized spacial score (nSPS) is 22.2. The van der Waals surface area contributed by atoms with Crippen LogP contribution >= 0.6 is 0 Å². The maximum Gasteiger partial charge on any atom is 0.226 e. The largest absolute Gasteiger partial charge is 0.339 e. The molecule has 4 heteroatoms. The summed E-state index contributed by atoms with van der Waals surface area (Å²) < 4.78 is 5.34. The molecule has 2 N–H and O–H groups in total. The third-order valence-electron chi connectivity index (χ3n) is 4.15. The third-order valence-corrected chi connectivity index (χ3v) is 4.15. The average Bonchev–Trinajstić information content (AvgIpc) is 2.74. The summed E-state index contributed by atoms with van der Waals surface area (Å²) in [7, 11) is 0. The molecule has 1 aliphatic carbocycles. The maximum absolute atomic E-state index is 5.61. The fraction of sp³-hybridized carbons (Fsp3) is 0.857. The molecule has 0 radical (unpaired) electrons. The van der Waals surface area contributed by atoms with Crippen LogP contribution in [0.25, 0.3) is 0 Å². The summed E-state index contributed by atoms with van der Waals surface area (Å²) in [5.41, 5.74) is 6.23. The van der Waals surface area contributed by atoms with E-state index < -0.39 is 0 Å². The zero-order chi connectivity index (χ0) is 13.4. The first-order valence-corrected chi connectivity index (χ1v) is 6.87. The Kier molecular flexibility index (Phi) is 3.49. The van der Waals surface area contributed by atoms with Crippen molar-refractivity contribution in [2.45, 2.75) is 59.3 Å². The predicted octanol–water partition coefficient (Wildman–Crippen LogP) is 2.89. The van der Waals surface area contributed by atoms with Crippen LogP contribution in [-0.2, 0) is 6.42 Å². The smallest absolute Gasteiger partial charge is 0.226 e. The summed E-state index contributed by atoms with van der Waals surface area (Å²) >= 11 is 0. The van der Waals surface area contributed by atoms with E-state index in [1.165, 1.54) is 6.42 Å². The van der Waals surface area contributed by atoms with Crippen molar-refractivity contribution in [1.82, 2.24) is 10.1 Å². The van der Waals surface area contributed by atoms with Crippen molar-refractivity contribution >= 4 is 0 Å². The molecule has 1 unspecified atom stereocenters. The second kappa shape index (κ2) is 4.65. The second-order valence-corrected chi connectivity index (χ2v) is 6.99. The van der Waals surface area contributed by atoms with E-state index >= 15 is 0 Å². The Morgan fingerprint density at radius 2 is 2.06 bits per heavy atom. The first-order chi connectivity index (χ1) is 8.34. The Morgan fingerprint density at radius 1 is 1.39 bits per heavy atom. The van der Waals surface area contributed by atoms with E-state index in [9.17, 15) is 0 Å². The first kappa shape index (κ1) is 13.5. The minimum Gasteiger partial charge on any atom is -0.339 e. The molecule has 1 atom stereocenters. The molecule has 0 spiro atoms. The van der Waals surface area contributed by atoms with E-state index in [4.69, 9.17) is 10.3 Å². The molecular weight excluding hydrogens is 226 g/mol. The van der Waals surface area contributed by atoms with Gasteiger partial charge in [-0.3, -0.25) is 0 Å². The lowest BCUT2D eigenvalue weighted by atomic mass is 9.84. The summed E-state index contributed by atoms with van der Waals surface area (Å²) in [5, 5.41) is 4.11. The van der Waals surface area contributed by atoms with Gasteiger partial charge in [0.15, 0.2) is 5.82 Å². The highest BCUT2D eigenvalue weighted by molar-refractivity contribution is 5.14. The minimum absolute atomic E-state index is 0.252. The Bertz CT molecular complexity index is 409. The van der Waals surface area contributed by atoms with Crippen LogP contribution in [0.1, 0.15) is 64.6 Å². The van der Waals surface area contributed by atoms with Gasteiger partial charge in [-0.25, -0.2) is 0 Å². The summed E-state index contributed by atoms with van der Waals surface area (Å²) in [6.45, 7) is 9.71. The number of nitrogens with zero attached hydrogens (tertiary/aromatic N) is 2. The lowest BCUT2D eigenvalue weighted by Gasteiger charge is -2.22. The van der Waals surface area contributed by atoms with Gasteiger partial charge >= 0.3 is 0 Å². The molecule has 0 bridgehead atoms. The second-order valence-electron chi connectivity index (χ2n) is 6.99. The molecule has 18 heavy (non-hydrogen) atoms. The molecule has 0 saturated heterocycles. The monoisotopic (exact) mass is 251 g/mol. The van der Waals surface area contributed by atoms with Gasteiger partial charge < -0.3 is 10.3 Å². The van der Waals surface area contributed by atoms with Crippen molar-refractivity contribution in [2.75, 3.05) is 6.54 Å². The molecule has 0 aromatic carbocycles. The third kappa shape index (κ3) is 3.10. The van der Waals surface area contributed by atoms with Crippen LogP contribution < -0.4 is 5.73 Å². The highest BCUT2D eigenvalue weighted by Crippen LogP contribution is 2.57. The molecule has 1 saturated carbocycles. The predicted molar refractivity (Wildman–Crippen MR) is 71.2 cm³/mol. The molecule has 1 aromatic rings. The van der Waals surface area contributed by atoms with Crippen LogP contribution in [0.3, 0.4) is 0 Å². The van der Waals surface area contributed by atoms with E-state index in [0.717, 1.165) is 37.5 Å². The van der Waals surface area contributed by atoms with E-state index in [-0.39, 0.29) is 5.41 Å². The summed E-state index contributed by atoms with van der Waals surface area (Å²) in [4.78, 5) is 4.52.